The summed E-state index contributed by atoms with van der Waals surface area (Å²) in [6.07, 6.45) is 7.63. The normalized spacial score (nSPS) is 18.4. The van der Waals surface area contributed by atoms with Crippen LogP contribution in [0.3, 0.4) is 0 Å². The van der Waals surface area contributed by atoms with Crippen molar-refractivity contribution in [2.24, 2.45) is 0 Å². The monoisotopic (exact) mass is 668 g/mol. The SMILES string of the molecule is C=C1C=C(c2ccc(CN3CCCCC3)cc2)SCC2=C1NNC2c1ccc(C=N)c(NC)c1.[CH2-]C.[Fe].[Fe].[Fe]. The minimum atomic E-state index is 0. The summed E-state index contributed by atoms with van der Waals surface area (Å²) in [6.45, 7) is 12.9. The van der Waals surface area contributed by atoms with E-state index in [9.17, 15) is 0 Å². The average molecular weight is 668 g/mol. The van der Waals surface area contributed by atoms with Crippen LogP contribution in [0, 0.1) is 12.3 Å². The Morgan fingerprint density at radius 3 is 2.41 bits per heavy atom. The molecule has 1 atom stereocenters. The maximum absolute atomic E-state index is 7.63. The molecule has 0 saturated carbocycles. The zero-order valence-electron chi connectivity index (χ0n) is 22.6. The van der Waals surface area contributed by atoms with Crippen LogP contribution in [0.1, 0.15) is 54.5 Å². The van der Waals surface area contributed by atoms with Crippen LogP contribution < -0.4 is 16.2 Å². The number of nitrogens with one attached hydrogen (secondary N) is 4. The van der Waals surface area contributed by atoms with Crippen LogP contribution >= 0.6 is 11.8 Å². The quantitative estimate of drug-likeness (QED) is 0.166. The summed E-state index contributed by atoms with van der Waals surface area (Å²) in [5.74, 6) is 0.890. The third-order valence-electron chi connectivity index (χ3n) is 6.95. The first-order valence-electron chi connectivity index (χ1n) is 12.8. The number of rotatable bonds is 6. The van der Waals surface area contributed by atoms with E-state index in [-0.39, 0.29) is 57.2 Å². The molecule has 0 radical (unpaired) electrons. The summed E-state index contributed by atoms with van der Waals surface area (Å²) < 4.78 is 0. The van der Waals surface area contributed by atoms with Gasteiger partial charge in [-0.05, 0) is 65.9 Å². The van der Waals surface area contributed by atoms with Crippen molar-refractivity contribution >= 4 is 28.6 Å². The van der Waals surface area contributed by atoms with Crippen LogP contribution in [0.25, 0.3) is 4.91 Å². The van der Waals surface area contributed by atoms with Gasteiger partial charge in [0.15, 0.2) is 0 Å². The van der Waals surface area contributed by atoms with Crippen LogP contribution in [-0.2, 0) is 57.8 Å². The second-order valence-electron chi connectivity index (χ2n) is 9.20. The number of anilines is 1. The molecule has 9 heteroatoms. The Morgan fingerprint density at radius 1 is 1.08 bits per heavy atom. The summed E-state index contributed by atoms with van der Waals surface area (Å²) in [7, 11) is 1.90. The number of nitrogens with zero attached hydrogens (tertiary/aromatic N) is 1. The van der Waals surface area contributed by atoms with Gasteiger partial charge in [-0.1, -0.05) is 49.4 Å². The van der Waals surface area contributed by atoms with Crippen LogP contribution in [0.4, 0.5) is 5.69 Å². The van der Waals surface area contributed by atoms with Gasteiger partial charge in [0.2, 0.25) is 0 Å². The van der Waals surface area contributed by atoms with E-state index in [4.69, 9.17) is 5.41 Å². The minimum absolute atomic E-state index is 0. The van der Waals surface area contributed by atoms with Crippen molar-refractivity contribution in [3.05, 3.63) is 101 Å². The number of benzene rings is 2. The Hall–Kier alpha value is -1.24. The maximum Gasteiger partial charge on any atom is 0.0752 e. The molecular weight excluding hydrogens is 630 g/mol. The zero-order chi connectivity index (χ0) is 25.5. The molecule has 3 aliphatic heterocycles. The molecule has 5 nitrogen and oxygen atoms in total. The van der Waals surface area contributed by atoms with Gasteiger partial charge < -0.3 is 23.1 Å². The topological polar surface area (TPSA) is 63.2 Å². The van der Waals surface area contributed by atoms with Gasteiger partial charge in [0.05, 0.1) is 11.7 Å². The molecule has 0 amide bonds. The van der Waals surface area contributed by atoms with Gasteiger partial charge in [-0.2, -0.15) is 6.92 Å². The largest absolute Gasteiger partial charge is 0.388 e. The smallest absolute Gasteiger partial charge is 0.0752 e. The molecule has 0 aromatic heterocycles. The summed E-state index contributed by atoms with van der Waals surface area (Å²) in [4.78, 5) is 3.83. The average Bonchev–Trinajstić information content (AvgIpc) is 3.29. The van der Waals surface area contributed by atoms with E-state index < -0.39 is 0 Å². The minimum Gasteiger partial charge on any atom is -0.388 e. The molecule has 1 unspecified atom stereocenters. The maximum atomic E-state index is 7.63. The van der Waals surface area contributed by atoms with Crippen LogP contribution in [0.2, 0.25) is 0 Å². The molecule has 2 aromatic rings. The molecule has 3 heterocycles. The van der Waals surface area contributed by atoms with Crippen molar-refractivity contribution in [2.45, 2.75) is 38.8 Å². The molecular formula is C30H38Fe3N5S-. The van der Waals surface area contributed by atoms with Crippen molar-refractivity contribution < 1.29 is 51.2 Å². The third-order valence-corrected chi connectivity index (χ3v) is 8.07. The van der Waals surface area contributed by atoms with E-state index in [2.05, 4.69) is 77.0 Å². The fourth-order valence-electron chi connectivity index (χ4n) is 5.02. The van der Waals surface area contributed by atoms with Crippen LogP contribution in [0.5, 0.6) is 0 Å². The molecule has 3 aliphatic rings. The van der Waals surface area contributed by atoms with Gasteiger partial charge >= 0.3 is 0 Å². The van der Waals surface area contributed by atoms with E-state index in [0.717, 1.165) is 34.8 Å². The second kappa shape index (κ2) is 17.5. The number of hydrogen-bond acceptors (Lipinski definition) is 6. The van der Waals surface area contributed by atoms with Crippen molar-refractivity contribution in [3.63, 3.8) is 0 Å². The molecule has 2 aromatic carbocycles. The van der Waals surface area contributed by atoms with Gasteiger partial charge in [-0.15, -0.1) is 11.8 Å². The first kappa shape index (κ1) is 35.8. The molecule has 5 rings (SSSR count). The molecule has 0 spiro atoms. The van der Waals surface area contributed by atoms with E-state index in [1.165, 1.54) is 65.7 Å². The molecule has 0 bridgehead atoms. The van der Waals surface area contributed by atoms with Gasteiger partial charge in [0.25, 0.3) is 0 Å². The van der Waals surface area contributed by atoms with Crippen LogP contribution in [-0.4, -0.2) is 37.0 Å². The van der Waals surface area contributed by atoms with E-state index >= 15 is 0 Å². The predicted octanol–water partition coefficient (Wildman–Crippen LogP) is 6.29. The van der Waals surface area contributed by atoms with Gasteiger partial charge in [0, 0.05) is 92.9 Å². The van der Waals surface area contributed by atoms with Crippen molar-refractivity contribution in [3.8, 4) is 0 Å². The van der Waals surface area contributed by atoms with Gasteiger partial charge in [-0.3, -0.25) is 4.90 Å². The fraction of sp³-hybridized carbons (Fsp3) is 0.333. The Balaban J connectivity index is 0.00000149. The number of hydrazine groups is 1. The Kier molecular flexibility index (Phi) is 16.1. The Bertz CT molecular complexity index is 1160. The molecule has 39 heavy (non-hydrogen) atoms. The van der Waals surface area contributed by atoms with Crippen LogP contribution in [0.15, 0.2) is 72.0 Å². The van der Waals surface area contributed by atoms with E-state index in [0.29, 0.717) is 0 Å². The number of hydrogen-bond donors (Lipinski definition) is 4. The molecule has 214 valence electrons. The standard InChI is InChI=1S/C28H33N5S.C2H5.3Fe/c1-19-14-26(21-8-6-20(7-9-21)17-33-12-4-3-5-13-33)34-18-24-27(19)31-32-28(24)22-10-11-23(16-29)25(15-22)30-2;1-2;;;/h6-11,14-16,28-32H,1,3-5,12-13,17-18H2,2H3;1H2,2H3;;;/q;-1;;;. The van der Waals surface area contributed by atoms with E-state index in [1.807, 2.05) is 24.9 Å². The Morgan fingerprint density at radius 2 is 1.77 bits per heavy atom. The van der Waals surface area contributed by atoms with Gasteiger partial charge in [0.1, 0.15) is 0 Å². The summed E-state index contributed by atoms with van der Waals surface area (Å²) >= 11 is 1.88. The molecule has 0 aliphatic carbocycles. The van der Waals surface area contributed by atoms with Crippen molar-refractivity contribution in [1.82, 2.24) is 15.8 Å². The fourth-order valence-corrected chi connectivity index (χ4v) is 6.17. The first-order valence-corrected chi connectivity index (χ1v) is 13.8. The number of likely N-dealkylation sites (tertiary alicyclic amines) is 1. The third kappa shape index (κ3) is 8.62. The Labute approximate surface area is 270 Å². The second-order valence-corrected chi connectivity index (χ2v) is 10.2. The first-order chi connectivity index (χ1) is 17.7. The molecule has 1 fully saturated rings. The van der Waals surface area contributed by atoms with Crippen molar-refractivity contribution in [2.75, 3.05) is 31.2 Å². The molecule has 4 N–H and O–H groups in total. The number of piperidine rings is 1. The summed E-state index contributed by atoms with van der Waals surface area (Å²) in [5, 5.41) is 10.8. The molecule has 1 saturated heterocycles. The van der Waals surface area contributed by atoms with E-state index in [1.54, 1.807) is 6.92 Å². The van der Waals surface area contributed by atoms with Gasteiger partial charge in [-0.25, -0.2) is 5.43 Å². The predicted molar refractivity (Wildman–Crippen MR) is 156 cm³/mol. The number of thioether (sulfide) groups is 1. The van der Waals surface area contributed by atoms with Crippen molar-refractivity contribution in [1.29, 1.82) is 5.41 Å². The zero-order valence-corrected chi connectivity index (χ0v) is 26.7. The summed E-state index contributed by atoms with van der Waals surface area (Å²) in [6, 6.07) is 15.4. The summed E-state index contributed by atoms with van der Waals surface area (Å²) in [5.41, 5.74) is 15.9. The number of allylic oxidation sites excluding steroid dienone is 1.